The number of nitrogens with zero attached hydrogens (tertiary/aromatic N) is 2. The molecular weight excluding hydrogens is 410 g/mol. The lowest BCUT2D eigenvalue weighted by atomic mass is 10.1. The van der Waals surface area contributed by atoms with Crippen LogP contribution in [-0.2, 0) is 5.75 Å². The van der Waals surface area contributed by atoms with Gasteiger partial charge in [-0.25, -0.2) is 9.37 Å². The minimum absolute atomic E-state index is 0.0546. The van der Waals surface area contributed by atoms with Gasteiger partial charge >= 0.3 is 0 Å². The van der Waals surface area contributed by atoms with Gasteiger partial charge in [0, 0.05) is 16.3 Å². The Morgan fingerprint density at radius 3 is 2.67 bits per heavy atom. The van der Waals surface area contributed by atoms with E-state index >= 15 is 0 Å². The fourth-order valence-electron chi connectivity index (χ4n) is 2.40. The number of aromatic nitrogens is 3. The lowest BCUT2D eigenvalue weighted by Gasteiger charge is -2.16. The number of benzene rings is 2. The van der Waals surface area contributed by atoms with Crippen LogP contribution in [0.5, 0.6) is 0 Å². The van der Waals surface area contributed by atoms with Crippen molar-refractivity contribution in [3.63, 3.8) is 0 Å². The quantitative estimate of drug-likeness (QED) is 0.429. The first-order valence-electron chi connectivity index (χ1n) is 7.96. The zero-order valence-electron chi connectivity index (χ0n) is 14.2. The summed E-state index contributed by atoms with van der Waals surface area (Å²) in [7, 11) is 0. The molecule has 1 atom stereocenters. The Bertz CT molecular complexity index is 935. The molecule has 140 valence electrons. The minimum atomic E-state index is -0.578. The van der Waals surface area contributed by atoms with Crippen LogP contribution in [0, 0.1) is 5.82 Å². The van der Waals surface area contributed by atoms with E-state index in [0.29, 0.717) is 21.9 Å². The van der Waals surface area contributed by atoms with Crippen LogP contribution in [-0.4, -0.2) is 21.1 Å². The van der Waals surface area contributed by atoms with Crippen LogP contribution in [0.4, 0.5) is 4.39 Å². The molecule has 0 fully saturated rings. The van der Waals surface area contributed by atoms with Crippen molar-refractivity contribution < 1.29 is 9.18 Å². The first-order chi connectivity index (χ1) is 12.9. The summed E-state index contributed by atoms with van der Waals surface area (Å²) in [6, 6.07) is 9.32. The van der Waals surface area contributed by atoms with Crippen LogP contribution in [0.15, 0.2) is 47.9 Å². The molecule has 27 heavy (non-hydrogen) atoms. The maximum atomic E-state index is 13.7. The van der Waals surface area contributed by atoms with Crippen molar-refractivity contribution in [3.05, 3.63) is 75.3 Å². The van der Waals surface area contributed by atoms with Crippen molar-refractivity contribution in [2.24, 2.45) is 0 Å². The lowest BCUT2D eigenvalue weighted by Crippen LogP contribution is -2.26. The van der Waals surface area contributed by atoms with Crippen molar-refractivity contribution in [1.82, 2.24) is 20.5 Å². The van der Waals surface area contributed by atoms with Gasteiger partial charge < -0.3 is 5.32 Å². The van der Waals surface area contributed by atoms with E-state index in [1.807, 2.05) is 12.1 Å². The van der Waals surface area contributed by atoms with Crippen LogP contribution in [0.2, 0.25) is 10.0 Å². The normalized spacial score (nSPS) is 12.0. The van der Waals surface area contributed by atoms with E-state index in [0.717, 1.165) is 10.7 Å². The molecule has 0 bridgehead atoms. The first-order valence-corrected chi connectivity index (χ1v) is 9.70. The number of amides is 1. The maximum Gasteiger partial charge on any atom is 0.251 e. The van der Waals surface area contributed by atoms with E-state index in [2.05, 4.69) is 20.5 Å². The van der Waals surface area contributed by atoms with Crippen LogP contribution in [0.3, 0.4) is 0 Å². The number of halogens is 3. The van der Waals surface area contributed by atoms with Crippen molar-refractivity contribution in [3.8, 4) is 0 Å². The van der Waals surface area contributed by atoms with Gasteiger partial charge in [0.25, 0.3) is 5.91 Å². The van der Waals surface area contributed by atoms with Gasteiger partial charge in [-0.3, -0.25) is 9.89 Å². The highest BCUT2D eigenvalue weighted by Gasteiger charge is 2.16. The summed E-state index contributed by atoms with van der Waals surface area (Å²) in [6.07, 6.45) is 1.45. The van der Waals surface area contributed by atoms with E-state index in [4.69, 9.17) is 23.2 Å². The molecule has 5 nitrogen and oxygen atoms in total. The predicted octanol–water partition coefficient (Wildman–Crippen LogP) is 5.03. The summed E-state index contributed by atoms with van der Waals surface area (Å²) in [6.45, 7) is 1.73. The van der Waals surface area contributed by atoms with Gasteiger partial charge in [-0.1, -0.05) is 47.1 Å². The SMILES string of the molecule is CC(NC(=O)c1ccc(CSc2ncn[nH]2)cc1)c1cc(F)c(Cl)cc1Cl. The molecule has 3 rings (SSSR count). The molecule has 0 saturated heterocycles. The fourth-order valence-corrected chi connectivity index (χ4v) is 3.68. The van der Waals surface area contributed by atoms with Gasteiger partial charge in [-0.15, -0.1) is 0 Å². The second-order valence-electron chi connectivity index (χ2n) is 5.76. The molecule has 0 saturated carbocycles. The number of nitrogens with one attached hydrogen (secondary N) is 2. The van der Waals surface area contributed by atoms with Gasteiger partial charge in [0.2, 0.25) is 0 Å². The van der Waals surface area contributed by atoms with Crippen LogP contribution >= 0.6 is 35.0 Å². The monoisotopic (exact) mass is 424 g/mol. The molecule has 0 spiro atoms. The van der Waals surface area contributed by atoms with E-state index in [9.17, 15) is 9.18 Å². The number of carbonyl (C=O) groups is 1. The minimum Gasteiger partial charge on any atom is -0.345 e. The second-order valence-corrected chi connectivity index (χ2v) is 7.54. The Morgan fingerprint density at radius 2 is 2.00 bits per heavy atom. The first kappa shape index (κ1) is 19.7. The number of hydrogen-bond donors (Lipinski definition) is 2. The van der Waals surface area contributed by atoms with Gasteiger partial charge in [0.1, 0.15) is 12.1 Å². The molecule has 2 aromatic carbocycles. The number of aromatic amines is 1. The van der Waals surface area contributed by atoms with Crippen molar-refractivity contribution in [1.29, 1.82) is 0 Å². The zero-order valence-corrected chi connectivity index (χ0v) is 16.5. The molecule has 9 heteroatoms. The topological polar surface area (TPSA) is 70.7 Å². The molecule has 0 radical (unpaired) electrons. The molecule has 0 aliphatic rings. The smallest absolute Gasteiger partial charge is 0.251 e. The maximum absolute atomic E-state index is 13.7. The summed E-state index contributed by atoms with van der Waals surface area (Å²) in [5.41, 5.74) is 2.01. The van der Waals surface area contributed by atoms with Crippen molar-refractivity contribution in [2.45, 2.75) is 23.9 Å². The lowest BCUT2D eigenvalue weighted by molar-refractivity contribution is 0.0940. The zero-order chi connectivity index (χ0) is 19.4. The standard InChI is InChI=1S/C18H15Cl2FN4OS/c1-10(13-6-16(21)15(20)7-14(13)19)24-17(26)12-4-2-11(3-5-12)8-27-18-22-9-23-25-18/h2-7,9-10H,8H2,1H3,(H,24,26)(H,22,23,25). The molecular formula is C18H15Cl2FN4OS. The summed E-state index contributed by atoms with van der Waals surface area (Å²) in [5, 5.41) is 10.4. The Balaban J connectivity index is 1.63. The molecule has 3 aromatic rings. The fraction of sp³-hybridized carbons (Fsp3) is 0.167. The van der Waals surface area contributed by atoms with Crippen LogP contribution in [0.1, 0.15) is 34.5 Å². The largest absolute Gasteiger partial charge is 0.345 e. The summed E-state index contributed by atoms with van der Waals surface area (Å²) in [4.78, 5) is 16.5. The van der Waals surface area contributed by atoms with E-state index in [-0.39, 0.29) is 10.9 Å². The summed E-state index contributed by atoms with van der Waals surface area (Å²) < 4.78 is 13.7. The number of thioether (sulfide) groups is 1. The third kappa shape index (κ3) is 5.00. The van der Waals surface area contributed by atoms with Gasteiger partial charge in [-0.05, 0) is 42.3 Å². The highest BCUT2D eigenvalue weighted by Crippen LogP contribution is 2.28. The highest BCUT2D eigenvalue weighted by atomic mass is 35.5. The molecule has 0 aliphatic carbocycles. The molecule has 1 heterocycles. The molecule has 1 amide bonds. The third-order valence-corrected chi connectivity index (χ3v) is 5.40. The summed E-state index contributed by atoms with van der Waals surface area (Å²) >= 11 is 13.3. The molecule has 0 aliphatic heterocycles. The van der Waals surface area contributed by atoms with E-state index in [1.54, 1.807) is 19.1 Å². The predicted molar refractivity (Wildman–Crippen MR) is 105 cm³/mol. The highest BCUT2D eigenvalue weighted by molar-refractivity contribution is 7.98. The number of carbonyl (C=O) groups excluding carboxylic acids is 1. The van der Waals surface area contributed by atoms with Crippen molar-refractivity contribution >= 4 is 40.9 Å². The molecule has 1 unspecified atom stereocenters. The van der Waals surface area contributed by atoms with Crippen LogP contribution < -0.4 is 5.32 Å². The Hall–Kier alpha value is -2.09. The molecule has 1 aromatic heterocycles. The second kappa shape index (κ2) is 8.73. The Kier molecular flexibility index (Phi) is 6.36. The Labute approximate surface area is 169 Å². The number of H-pyrrole nitrogens is 1. The van der Waals surface area contributed by atoms with Gasteiger partial charge in [0.15, 0.2) is 5.16 Å². The average molecular weight is 425 g/mol. The number of rotatable bonds is 6. The molecule has 2 N–H and O–H groups in total. The summed E-state index contributed by atoms with van der Waals surface area (Å²) in [5.74, 6) is -0.151. The third-order valence-electron chi connectivity index (χ3n) is 3.84. The Morgan fingerprint density at radius 1 is 1.26 bits per heavy atom. The van der Waals surface area contributed by atoms with Crippen LogP contribution in [0.25, 0.3) is 0 Å². The average Bonchev–Trinajstić information content (AvgIpc) is 3.17. The van der Waals surface area contributed by atoms with E-state index < -0.39 is 11.9 Å². The number of hydrogen-bond acceptors (Lipinski definition) is 4. The van der Waals surface area contributed by atoms with E-state index in [1.165, 1.54) is 30.2 Å². The van der Waals surface area contributed by atoms with Gasteiger partial charge in [0.05, 0.1) is 11.1 Å². The van der Waals surface area contributed by atoms with Gasteiger partial charge in [-0.2, -0.15) is 5.10 Å². The van der Waals surface area contributed by atoms with Crippen molar-refractivity contribution in [2.75, 3.05) is 0 Å².